The highest BCUT2D eigenvalue weighted by molar-refractivity contribution is 6.31. The standard InChI is InChI=1S/C13H17ClN2O/c1-10-2-3-12(14)11(8-10)9-13(17)16-6-4-15-5-7-16/h2-3,8,15H,4-7,9H2,1H3. The number of carbonyl (C=O) groups excluding carboxylic acids is 1. The van der Waals surface area contributed by atoms with Crippen LogP contribution in [0.2, 0.25) is 5.02 Å². The number of amides is 1. The predicted octanol–water partition coefficient (Wildman–Crippen LogP) is 1.62. The van der Waals surface area contributed by atoms with Crippen LogP contribution in [0.4, 0.5) is 0 Å². The van der Waals surface area contributed by atoms with Crippen molar-refractivity contribution in [1.29, 1.82) is 0 Å². The van der Waals surface area contributed by atoms with Crippen LogP contribution >= 0.6 is 11.6 Å². The summed E-state index contributed by atoms with van der Waals surface area (Å²) >= 11 is 6.10. The highest BCUT2D eigenvalue weighted by atomic mass is 35.5. The van der Waals surface area contributed by atoms with Crippen molar-refractivity contribution in [2.24, 2.45) is 0 Å². The van der Waals surface area contributed by atoms with Gasteiger partial charge in [-0.15, -0.1) is 0 Å². The summed E-state index contributed by atoms with van der Waals surface area (Å²) in [4.78, 5) is 14.0. The average Bonchev–Trinajstić information content (AvgIpc) is 2.35. The van der Waals surface area contributed by atoms with E-state index in [9.17, 15) is 4.79 Å². The largest absolute Gasteiger partial charge is 0.340 e. The SMILES string of the molecule is Cc1ccc(Cl)c(CC(=O)N2CCNCC2)c1. The van der Waals surface area contributed by atoms with E-state index in [-0.39, 0.29) is 5.91 Å². The monoisotopic (exact) mass is 252 g/mol. The molecule has 92 valence electrons. The molecule has 3 nitrogen and oxygen atoms in total. The zero-order valence-corrected chi connectivity index (χ0v) is 10.8. The van der Waals surface area contributed by atoms with Crippen LogP contribution in [-0.2, 0) is 11.2 Å². The summed E-state index contributed by atoms with van der Waals surface area (Å²) in [5.74, 6) is 0.166. The molecule has 1 N–H and O–H groups in total. The van der Waals surface area contributed by atoms with Gasteiger partial charge >= 0.3 is 0 Å². The van der Waals surface area contributed by atoms with E-state index in [0.29, 0.717) is 11.4 Å². The zero-order chi connectivity index (χ0) is 12.3. The van der Waals surface area contributed by atoms with E-state index in [1.54, 1.807) is 0 Å². The molecule has 0 aliphatic carbocycles. The van der Waals surface area contributed by atoms with Gasteiger partial charge < -0.3 is 10.2 Å². The zero-order valence-electron chi connectivity index (χ0n) is 10.0. The maximum atomic E-state index is 12.1. The minimum absolute atomic E-state index is 0.166. The van der Waals surface area contributed by atoms with Gasteiger partial charge in [0.2, 0.25) is 5.91 Å². The molecule has 1 aromatic rings. The molecule has 0 unspecified atom stereocenters. The van der Waals surface area contributed by atoms with Crippen LogP contribution in [0.15, 0.2) is 18.2 Å². The minimum Gasteiger partial charge on any atom is -0.340 e. The lowest BCUT2D eigenvalue weighted by atomic mass is 10.1. The summed E-state index contributed by atoms with van der Waals surface area (Å²) in [6, 6.07) is 5.81. The van der Waals surface area contributed by atoms with Gasteiger partial charge in [-0.3, -0.25) is 4.79 Å². The Hall–Kier alpha value is -1.06. The van der Waals surface area contributed by atoms with Crippen molar-refractivity contribution in [3.8, 4) is 0 Å². The van der Waals surface area contributed by atoms with Gasteiger partial charge in [0.1, 0.15) is 0 Å². The first-order valence-electron chi connectivity index (χ1n) is 5.90. The van der Waals surface area contributed by atoms with Gasteiger partial charge in [-0.1, -0.05) is 29.3 Å². The van der Waals surface area contributed by atoms with E-state index >= 15 is 0 Å². The lowest BCUT2D eigenvalue weighted by molar-refractivity contribution is -0.131. The Morgan fingerprint density at radius 1 is 1.41 bits per heavy atom. The van der Waals surface area contributed by atoms with Crippen molar-refractivity contribution in [1.82, 2.24) is 10.2 Å². The fraction of sp³-hybridized carbons (Fsp3) is 0.462. The third kappa shape index (κ3) is 3.20. The highest BCUT2D eigenvalue weighted by Crippen LogP contribution is 2.18. The van der Waals surface area contributed by atoms with Crippen molar-refractivity contribution in [3.05, 3.63) is 34.3 Å². The molecule has 17 heavy (non-hydrogen) atoms. The Balaban J connectivity index is 2.04. The van der Waals surface area contributed by atoms with Crippen LogP contribution in [0.1, 0.15) is 11.1 Å². The molecular formula is C13H17ClN2O. The molecule has 1 aromatic carbocycles. The Labute approximate surface area is 107 Å². The van der Waals surface area contributed by atoms with Crippen LogP contribution in [-0.4, -0.2) is 37.0 Å². The van der Waals surface area contributed by atoms with Crippen molar-refractivity contribution in [3.63, 3.8) is 0 Å². The van der Waals surface area contributed by atoms with Crippen LogP contribution in [0.25, 0.3) is 0 Å². The number of aryl methyl sites for hydroxylation is 1. The first-order valence-corrected chi connectivity index (χ1v) is 6.28. The lowest BCUT2D eigenvalue weighted by Crippen LogP contribution is -2.46. The molecule has 0 saturated carbocycles. The van der Waals surface area contributed by atoms with E-state index in [4.69, 9.17) is 11.6 Å². The quantitative estimate of drug-likeness (QED) is 0.868. The third-order valence-electron chi connectivity index (χ3n) is 3.01. The summed E-state index contributed by atoms with van der Waals surface area (Å²) in [7, 11) is 0. The highest BCUT2D eigenvalue weighted by Gasteiger charge is 2.17. The van der Waals surface area contributed by atoms with Gasteiger partial charge in [-0.2, -0.15) is 0 Å². The molecule has 2 rings (SSSR count). The van der Waals surface area contributed by atoms with E-state index < -0.39 is 0 Å². The lowest BCUT2D eigenvalue weighted by Gasteiger charge is -2.27. The molecule has 1 aliphatic heterocycles. The van der Waals surface area contributed by atoms with E-state index in [2.05, 4.69) is 5.32 Å². The fourth-order valence-corrected chi connectivity index (χ4v) is 2.21. The molecule has 0 atom stereocenters. The number of nitrogens with one attached hydrogen (secondary N) is 1. The number of halogens is 1. The van der Waals surface area contributed by atoms with E-state index in [0.717, 1.165) is 37.3 Å². The molecule has 1 amide bonds. The van der Waals surface area contributed by atoms with Gasteiger partial charge in [0, 0.05) is 31.2 Å². The molecule has 0 bridgehead atoms. The van der Waals surface area contributed by atoms with Gasteiger partial charge in [0.25, 0.3) is 0 Å². The number of rotatable bonds is 2. The second-order valence-corrected chi connectivity index (χ2v) is 4.81. The second kappa shape index (κ2) is 5.52. The smallest absolute Gasteiger partial charge is 0.227 e. The van der Waals surface area contributed by atoms with Crippen molar-refractivity contribution in [2.75, 3.05) is 26.2 Å². The van der Waals surface area contributed by atoms with Gasteiger partial charge in [-0.05, 0) is 18.6 Å². The van der Waals surface area contributed by atoms with Crippen molar-refractivity contribution in [2.45, 2.75) is 13.3 Å². The van der Waals surface area contributed by atoms with E-state index in [1.807, 2.05) is 30.0 Å². The number of piperazine rings is 1. The van der Waals surface area contributed by atoms with Crippen molar-refractivity contribution < 1.29 is 4.79 Å². The molecule has 1 heterocycles. The normalized spacial score (nSPS) is 16.0. The Morgan fingerprint density at radius 3 is 2.82 bits per heavy atom. The maximum absolute atomic E-state index is 12.1. The summed E-state index contributed by atoms with van der Waals surface area (Å²) < 4.78 is 0. The number of benzene rings is 1. The average molecular weight is 253 g/mol. The van der Waals surface area contributed by atoms with Gasteiger partial charge in [0.05, 0.1) is 6.42 Å². The third-order valence-corrected chi connectivity index (χ3v) is 3.38. The molecule has 1 fully saturated rings. The molecule has 0 radical (unpaired) electrons. The Bertz CT molecular complexity index is 414. The first-order chi connectivity index (χ1) is 8.16. The van der Waals surface area contributed by atoms with Crippen LogP contribution < -0.4 is 5.32 Å². The first kappa shape index (κ1) is 12.4. The molecule has 4 heteroatoms. The Kier molecular flexibility index (Phi) is 4.02. The molecular weight excluding hydrogens is 236 g/mol. The summed E-state index contributed by atoms with van der Waals surface area (Å²) in [6.07, 6.45) is 0.403. The van der Waals surface area contributed by atoms with Crippen LogP contribution in [0, 0.1) is 6.92 Å². The van der Waals surface area contributed by atoms with Gasteiger partial charge in [0.15, 0.2) is 0 Å². The van der Waals surface area contributed by atoms with Crippen LogP contribution in [0.5, 0.6) is 0 Å². The predicted molar refractivity (Wildman–Crippen MR) is 69.3 cm³/mol. The number of carbonyl (C=O) groups is 1. The number of nitrogens with zero attached hydrogens (tertiary/aromatic N) is 1. The van der Waals surface area contributed by atoms with Crippen LogP contribution in [0.3, 0.4) is 0 Å². The number of hydrogen-bond acceptors (Lipinski definition) is 2. The van der Waals surface area contributed by atoms with E-state index in [1.165, 1.54) is 0 Å². The maximum Gasteiger partial charge on any atom is 0.227 e. The topological polar surface area (TPSA) is 32.3 Å². The molecule has 1 saturated heterocycles. The number of hydrogen-bond donors (Lipinski definition) is 1. The molecule has 0 aromatic heterocycles. The molecule has 1 aliphatic rings. The minimum atomic E-state index is 0.166. The summed E-state index contributed by atoms with van der Waals surface area (Å²) in [5.41, 5.74) is 2.06. The summed E-state index contributed by atoms with van der Waals surface area (Å²) in [5, 5.41) is 3.91. The molecule has 0 spiro atoms. The fourth-order valence-electron chi connectivity index (χ4n) is 2.03. The Morgan fingerprint density at radius 2 is 2.12 bits per heavy atom. The van der Waals surface area contributed by atoms with Crippen molar-refractivity contribution >= 4 is 17.5 Å². The second-order valence-electron chi connectivity index (χ2n) is 4.40. The van der Waals surface area contributed by atoms with Gasteiger partial charge in [-0.25, -0.2) is 0 Å². The summed E-state index contributed by atoms with van der Waals surface area (Å²) in [6.45, 7) is 5.36.